The van der Waals surface area contributed by atoms with Gasteiger partial charge in [0.1, 0.15) is 22.4 Å². The second-order valence-electron chi connectivity index (χ2n) is 4.40. The molecule has 1 aromatic carbocycles. The average Bonchev–Trinajstić information content (AvgIpc) is 2.57. The summed E-state index contributed by atoms with van der Waals surface area (Å²) in [5.74, 6) is 0.929. The SMILES string of the molecule is COc1ccc(/C(C)=N\Nc2nc(Cl)c(C#N)c(Cl)c2Cl)cc1. The molecular formula is C15H11Cl3N4O. The van der Waals surface area contributed by atoms with Crippen molar-refractivity contribution in [3.63, 3.8) is 0 Å². The Hall–Kier alpha value is -2.00. The summed E-state index contributed by atoms with van der Waals surface area (Å²) in [6.07, 6.45) is 0. The zero-order valence-corrected chi connectivity index (χ0v) is 14.5. The monoisotopic (exact) mass is 368 g/mol. The van der Waals surface area contributed by atoms with Crippen LogP contribution >= 0.6 is 34.8 Å². The second-order valence-corrected chi connectivity index (χ2v) is 5.52. The van der Waals surface area contributed by atoms with Crippen LogP contribution in [0, 0.1) is 11.3 Å². The molecule has 0 aliphatic carbocycles. The number of hydrogen-bond acceptors (Lipinski definition) is 5. The number of benzene rings is 1. The number of halogens is 3. The van der Waals surface area contributed by atoms with Crippen molar-refractivity contribution in [3.05, 3.63) is 50.6 Å². The highest BCUT2D eigenvalue weighted by Gasteiger charge is 2.16. The highest BCUT2D eigenvalue weighted by molar-refractivity contribution is 6.45. The number of hydrazone groups is 1. The smallest absolute Gasteiger partial charge is 0.168 e. The number of pyridine rings is 1. The fourth-order valence-electron chi connectivity index (χ4n) is 1.71. The summed E-state index contributed by atoms with van der Waals surface area (Å²) in [6.45, 7) is 1.82. The van der Waals surface area contributed by atoms with Gasteiger partial charge in [-0.3, -0.25) is 5.43 Å². The Bertz CT molecular complexity index is 798. The van der Waals surface area contributed by atoms with Gasteiger partial charge >= 0.3 is 0 Å². The van der Waals surface area contributed by atoms with E-state index in [1.165, 1.54) is 0 Å². The van der Waals surface area contributed by atoms with Crippen molar-refractivity contribution in [2.75, 3.05) is 12.5 Å². The van der Waals surface area contributed by atoms with Crippen molar-refractivity contribution < 1.29 is 4.74 Å². The minimum Gasteiger partial charge on any atom is -0.497 e. The molecule has 0 bridgehead atoms. The largest absolute Gasteiger partial charge is 0.497 e. The van der Waals surface area contributed by atoms with E-state index in [0.29, 0.717) is 5.71 Å². The molecule has 8 heteroatoms. The normalized spacial score (nSPS) is 11.0. The summed E-state index contributed by atoms with van der Waals surface area (Å²) in [7, 11) is 1.60. The Morgan fingerprint density at radius 3 is 2.43 bits per heavy atom. The maximum Gasteiger partial charge on any atom is 0.168 e. The van der Waals surface area contributed by atoms with E-state index in [4.69, 9.17) is 44.8 Å². The molecule has 0 atom stereocenters. The molecule has 118 valence electrons. The first-order valence-electron chi connectivity index (χ1n) is 6.37. The fourth-order valence-corrected chi connectivity index (χ4v) is 2.38. The van der Waals surface area contributed by atoms with Crippen LogP contribution in [0.15, 0.2) is 29.4 Å². The van der Waals surface area contributed by atoms with Gasteiger partial charge in [0.25, 0.3) is 0 Å². The molecule has 0 saturated carbocycles. The molecule has 1 heterocycles. The first kappa shape index (κ1) is 17.4. The lowest BCUT2D eigenvalue weighted by Gasteiger charge is -2.08. The van der Waals surface area contributed by atoms with Gasteiger partial charge in [0.2, 0.25) is 0 Å². The number of nitriles is 1. The standard InChI is InChI=1S/C15H11Cl3N4O/c1-8(9-3-5-10(23-2)6-4-9)21-22-15-13(17)12(16)11(7-19)14(18)20-15/h3-6H,1-2H3,(H,20,22)/b21-8-. The molecule has 2 rings (SSSR count). The number of methoxy groups -OCH3 is 1. The lowest BCUT2D eigenvalue weighted by atomic mass is 10.1. The van der Waals surface area contributed by atoms with Crippen molar-refractivity contribution in [2.24, 2.45) is 5.10 Å². The summed E-state index contributed by atoms with van der Waals surface area (Å²) in [5.41, 5.74) is 4.32. The van der Waals surface area contributed by atoms with Crippen LogP contribution < -0.4 is 10.2 Å². The first-order valence-corrected chi connectivity index (χ1v) is 7.50. The Balaban J connectivity index is 2.27. The molecular weight excluding hydrogens is 359 g/mol. The molecule has 0 amide bonds. The van der Waals surface area contributed by atoms with Gasteiger partial charge in [0.05, 0.1) is 17.8 Å². The highest BCUT2D eigenvalue weighted by atomic mass is 35.5. The van der Waals surface area contributed by atoms with E-state index >= 15 is 0 Å². The summed E-state index contributed by atoms with van der Waals surface area (Å²) >= 11 is 17.9. The van der Waals surface area contributed by atoms with Gasteiger partial charge in [-0.05, 0) is 36.8 Å². The van der Waals surface area contributed by atoms with E-state index in [1.807, 2.05) is 37.3 Å². The van der Waals surface area contributed by atoms with Gasteiger partial charge in [-0.1, -0.05) is 34.8 Å². The molecule has 0 fully saturated rings. The van der Waals surface area contributed by atoms with E-state index in [0.717, 1.165) is 11.3 Å². The van der Waals surface area contributed by atoms with Gasteiger partial charge in [0, 0.05) is 0 Å². The van der Waals surface area contributed by atoms with Gasteiger partial charge in [-0.25, -0.2) is 4.98 Å². The molecule has 0 aliphatic heterocycles. The minimum atomic E-state index is -0.0401. The molecule has 0 spiro atoms. The van der Waals surface area contributed by atoms with E-state index < -0.39 is 0 Å². The van der Waals surface area contributed by atoms with E-state index in [2.05, 4.69) is 15.5 Å². The number of aromatic nitrogens is 1. The third-order valence-corrected chi connectivity index (χ3v) is 4.10. The molecule has 1 N–H and O–H groups in total. The van der Waals surface area contributed by atoms with Crippen molar-refractivity contribution in [1.29, 1.82) is 5.26 Å². The van der Waals surface area contributed by atoms with Gasteiger partial charge in [-0.15, -0.1) is 0 Å². The van der Waals surface area contributed by atoms with Crippen LogP contribution in [-0.2, 0) is 0 Å². The van der Waals surface area contributed by atoms with E-state index in [1.54, 1.807) is 7.11 Å². The number of nitrogens with one attached hydrogen (secondary N) is 1. The van der Waals surface area contributed by atoms with Gasteiger partial charge in [0.15, 0.2) is 11.0 Å². The summed E-state index contributed by atoms with van der Waals surface area (Å²) in [5, 5.41) is 13.2. The molecule has 5 nitrogen and oxygen atoms in total. The molecule has 0 aliphatic rings. The molecule has 2 aromatic rings. The lowest BCUT2D eigenvalue weighted by Crippen LogP contribution is -2.02. The van der Waals surface area contributed by atoms with E-state index in [9.17, 15) is 0 Å². The minimum absolute atomic E-state index is 0.0275. The third-order valence-electron chi connectivity index (χ3n) is 2.99. The first-order chi connectivity index (χ1) is 11.0. The highest BCUT2D eigenvalue weighted by Crippen LogP contribution is 2.34. The number of nitrogens with zero attached hydrogens (tertiary/aromatic N) is 3. The molecule has 0 unspecified atom stereocenters. The van der Waals surface area contributed by atoms with Crippen molar-refractivity contribution >= 4 is 46.3 Å². The molecule has 1 aromatic heterocycles. The van der Waals surface area contributed by atoms with Crippen LogP contribution in [0.5, 0.6) is 5.75 Å². The molecule has 0 radical (unpaired) electrons. The molecule has 23 heavy (non-hydrogen) atoms. The number of anilines is 1. The number of hydrogen-bond donors (Lipinski definition) is 1. The predicted octanol–water partition coefficient (Wildman–Crippen LogP) is 4.76. The number of rotatable bonds is 4. The van der Waals surface area contributed by atoms with Crippen LogP contribution in [0.2, 0.25) is 15.2 Å². The number of ether oxygens (including phenoxy) is 1. The second kappa shape index (κ2) is 7.51. The average molecular weight is 370 g/mol. The summed E-state index contributed by atoms with van der Waals surface area (Å²) < 4.78 is 5.10. The Morgan fingerprint density at radius 1 is 1.22 bits per heavy atom. The zero-order chi connectivity index (χ0) is 17.0. The lowest BCUT2D eigenvalue weighted by molar-refractivity contribution is 0.415. The maximum atomic E-state index is 8.95. The Kier molecular flexibility index (Phi) is 5.67. The van der Waals surface area contributed by atoms with E-state index in [-0.39, 0.29) is 26.6 Å². The van der Waals surface area contributed by atoms with Crippen LogP contribution in [0.4, 0.5) is 5.82 Å². The topological polar surface area (TPSA) is 70.3 Å². The predicted molar refractivity (Wildman–Crippen MR) is 92.8 cm³/mol. The fraction of sp³-hybridized carbons (Fsp3) is 0.133. The van der Waals surface area contributed by atoms with Crippen LogP contribution in [0.1, 0.15) is 18.1 Å². The molecule has 0 saturated heterocycles. The van der Waals surface area contributed by atoms with Gasteiger partial charge < -0.3 is 4.74 Å². The maximum absolute atomic E-state index is 8.95. The summed E-state index contributed by atoms with van der Waals surface area (Å²) in [6, 6.07) is 9.24. The van der Waals surface area contributed by atoms with Crippen LogP contribution in [0.3, 0.4) is 0 Å². The van der Waals surface area contributed by atoms with Crippen LogP contribution in [0.25, 0.3) is 0 Å². The van der Waals surface area contributed by atoms with Crippen LogP contribution in [-0.4, -0.2) is 17.8 Å². The van der Waals surface area contributed by atoms with Crippen molar-refractivity contribution in [3.8, 4) is 11.8 Å². The van der Waals surface area contributed by atoms with Gasteiger partial charge in [-0.2, -0.15) is 10.4 Å². The zero-order valence-electron chi connectivity index (χ0n) is 12.2. The Labute approximate surface area is 148 Å². The Morgan fingerprint density at radius 2 is 1.87 bits per heavy atom. The third kappa shape index (κ3) is 3.85. The van der Waals surface area contributed by atoms with Crippen molar-refractivity contribution in [2.45, 2.75) is 6.92 Å². The quantitative estimate of drug-likeness (QED) is 0.479. The van der Waals surface area contributed by atoms with Crippen molar-refractivity contribution in [1.82, 2.24) is 4.98 Å². The summed E-state index contributed by atoms with van der Waals surface area (Å²) in [4.78, 5) is 3.99.